The van der Waals surface area contributed by atoms with Crippen molar-refractivity contribution in [2.45, 2.75) is 57.1 Å². The fourth-order valence-corrected chi connectivity index (χ4v) is 3.20. The Balaban J connectivity index is 2.13. The van der Waals surface area contributed by atoms with Gasteiger partial charge in [-0.15, -0.1) is 0 Å². The van der Waals surface area contributed by atoms with Gasteiger partial charge in [0.1, 0.15) is 0 Å². The number of benzene rings is 1. The molecule has 0 aliphatic carbocycles. The molecule has 0 amide bonds. The van der Waals surface area contributed by atoms with E-state index >= 15 is 0 Å². The summed E-state index contributed by atoms with van der Waals surface area (Å²) < 4.78 is 33.9. The Morgan fingerprint density at radius 3 is 2.48 bits per heavy atom. The summed E-state index contributed by atoms with van der Waals surface area (Å²) >= 11 is 0. The quantitative estimate of drug-likeness (QED) is 0.597. The SMILES string of the molecule is CCCCCCCCn1c(S(=O)(=O)O)nc2ccccc21. The van der Waals surface area contributed by atoms with Crippen molar-refractivity contribution in [2.75, 3.05) is 0 Å². The molecule has 1 heterocycles. The number of rotatable bonds is 8. The zero-order chi connectivity index (χ0) is 15.3. The van der Waals surface area contributed by atoms with Crippen molar-refractivity contribution in [1.82, 2.24) is 9.55 Å². The van der Waals surface area contributed by atoms with Crippen molar-refractivity contribution in [3.63, 3.8) is 0 Å². The van der Waals surface area contributed by atoms with Crippen LogP contribution in [0.4, 0.5) is 0 Å². The third-order valence-electron chi connectivity index (χ3n) is 3.59. The molecule has 0 saturated heterocycles. The maximum absolute atomic E-state index is 11.5. The van der Waals surface area contributed by atoms with E-state index < -0.39 is 10.1 Å². The van der Waals surface area contributed by atoms with Crippen molar-refractivity contribution in [3.8, 4) is 0 Å². The van der Waals surface area contributed by atoms with Crippen LogP contribution in [0.5, 0.6) is 0 Å². The van der Waals surface area contributed by atoms with Gasteiger partial charge < -0.3 is 4.57 Å². The summed E-state index contributed by atoms with van der Waals surface area (Å²) in [5.41, 5.74) is 1.34. The van der Waals surface area contributed by atoms with Crippen LogP contribution in [-0.2, 0) is 16.7 Å². The van der Waals surface area contributed by atoms with Crippen LogP contribution in [0.1, 0.15) is 45.4 Å². The second-order valence-electron chi connectivity index (χ2n) is 5.28. The summed E-state index contributed by atoms with van der Waals surface area (Å²) in [7, 11) is -4.29. The van der Waals surface area contributed by atoms with Crippen LogP contribution in [0.15, 0.2) is 29.4 Å². The molecule has 0 unspecified atom stereocenters. The van der Waals surface area contributed by atoms with Crippen molar-refractivity contribution < 1.29 is 13.0 Å². The van der Waals surface area contributed by atoms with Crippen molar-refractivity contribution in [1.29, 1.82) is 0 Å². The summed E-state index contributed by atoms with van der Waals surface area (Å²) in [4.78, 5) is 4.04. The van der Waals surface area contributed by atoms with E-state index in [1.807, 2.05) is 12.1 Å². The average Bonchev–Trinajstić information content (AvgIpc) is 2.82. The van der Waals surface area contributed by atoms with Crippen LogP contribution in [0, 0.1) is 0 Å². The number of hydrogen-bond donors (Lipinski definition) is 1. The van der Waals surface area contributed by atoms with Crippen LogP contribution in [0.3, 0.4) is 0 Å². The van der Waals surface area contributed by atoms with E-state index in [1.54, 1.807) is 16.7 Å². The Kier molecular flexibility index (Phi) is 5.36. The first kappa shape index (κ1) is 16.0. The summed E-state index contributed by atoms with van der Waals surface area (Å²) in [6.45, 7) is 2.73. The molecule has 0 spiro atoms. The largest absolute Gasteiger partial charge is 0.328 e. The molecule has 1 aromatic carbocycles. The molecule has 0 aliphatic rings. The van der Waals surface area contributed by atoms with E-state index in [0.717, 1.165) is 24.8 Å². The summed E-state index contributed by atoms with van der Waals surface area (Å²) in [6.07, 6.45) is 6.75. The molecule has 0 fully saturated rings. The topological polar surface area (TPSA) is 72.2 Å². The monoisotopic (exact) mass is 310 g/mol. The van der Waals surface area contributed by atoms with Gasteiger partial charge in [0.2, 0.25) is 0 Å². The fourth-order valence-electron chi connectivity index (χ4n) is 2.52. The minimum absolute atomic E-state index is 0.253. The van der Waals surface area contributed by atoms with Crippen LogP contribution in [0.25, 0.3) is 11.0 Å². The first-order chi connectivity index (χ1) is 10.0. The van der Waals surface area contributed by atoms with Crippen LogP contribution >= 0.6 is 0 Å². The third-order valence-corrected chi connectivity index (χ3v) is 4.36. The first-order valence-electron chi connectivity index (χ1n) is 7.47. The van der Waals surface area contributed by atoms with Crippen LogP contribution < -0.4 is 0 Å². The lowest BCUT2D eigenvalue weighted by molar-refractivity contribution is 0.459. The zero-order valence-electron chi connectivity index (χ0n) is 12.3. The van der Waals surface area contributed by atoms with Gasteiger partial charge >= 0.3 is 10.1 Å². The lowest BCUT2D eigenvalue weighted by atomic mass is 10.1. The number of hydrogen-bond acceptors (Lipinski definition) is 3. The molecule has 6 heteroatoms. The molecule has 21 heavy (non-hydrogen) atoms. The summed E-state index contributed by atoms with van der Waals surface area (Å²) in [6, 6.07) is 7.23. The fraction of sp³-hybridized carbons (Fsp3) is 0.533. The van der Waals surface area contributed by atoms with Gasteiger partial charge in [-0.05, 0) is 18.6 Å². The molecule has 0 saturated carbocycles. The van der Waals surface area contributed by atoms with Gasteiger partial charge in [0, 0.05) is 6.54 Å². The average molecular weight is 310 g/mol. The Labute approximate surface area is 125 Å². The normalized spacial score (nSPS) is 12.1. The minimum Gasteiger partial charge on any atom is -0.313 e. The lowest BCUT2D eigenvalue weighted by Gasteiger charge is -2.07. The summed E-state index contributed by atoms with van der Waals surface area (Å²) in [5, 5.41) is -0.253. The van der Waals surface area contributed by atoms with E-state index in [-0.39, 0.29) is 5.16 Å². The second kappa shape index (κ2) is 7.04. The van der Waals surface area contributed by atoms with E-state index in [0.29, 0.717) is 12.1 Å². The highest BCUT2D eigenvalue weighted by Gasteiger charge is 2.20. The minimum atomic E-state index is -4.29. The highest BCUT2D eigenvalue weighted by Crippen LogP contribution is 2.20. The van der Waals surface area contributed by atoms with Gasteiger partial charge in [-0.2, -0.15) is 8.42 Å². The number of nitrogens with zero attached hydrogens (tertiary/aromatic N) is 2. The summed E-state index contributed by atoms with van der Waals surface area (Å²) in [5.74, 6) is 0. The molecule has 5 nitrogen and oxygen atoms in total. The maximum atomic E-state index is 11.5. The molecule has 0 bridgehead atoms. The van der Waals surface area contributed by atoms with Gasteiger partial charge in [-0.3, -0.25) is 4.55 Å². The van der Waals surface area contributed by atoms with Crippen molar-refractivity contribution in [2.24, 2.45) is 0 Å². The molecule has 2 rings (SSSR count). The van der Waals surface area contributed by atoms with Crippen molar-refractivity contribution in [3.05, 3.63) is 24.3 Å². The Morgan fingerprint density at radius 2 is 1.76 bits per heavy atom. The predicted molar refractivity (Wildman–Crippen MR) is 82.9 cm³/mol. The van der Waals surface area contributed by atoms with E-state index in [4.69, 9.17) is 0 Å². The van der Waals surface area contributed by atoms with Gasteiger partial charge in [0.05, 0.1) is 11.0 Å². The molecular weight excluding hydrogens is 288 g/mol. The van der Waals surface area contributed by atoms with E-state index in [1.165, 1.54) is 19.3 Å². The molecule has 0 aliphatic heterocycles. The number of unbranched alkanes of at least 4 members (excludes halogenated alkanes) is 5. The molecule has 2 aromatic rings. The zero-order valence-corrected chi connectivity index (χ0v) is 13.1. The molecule has 116 valence electrons. The highest BCUT2D eigenvalue weighted by atomic mass is 32.2. The number of imidazole rings is 1. The van der Waals surface area contributed by atoms with Gasteiger partial charge in [-0.25, -0.2) is 4.98 Å². The third kappa shape index (κ3) is 4.04. The highest BCUT2D eigenvalue weighted by molar-refractivity contribution is 7.85. The Hall–Kier alpha value is -1.40. The number of aromatic nitrogens is 2. The number of aryl methyl sites for hydroxylation is 1. The standard InChI is InChI=1S/C15H22N2O3S/c1-2-3-4-5-6-9-12-17-14-11-8-7-10-13(14)16-15(17)21(18,19)20/h7-8,10-11H,2-6,9,12H2,1H3,(H,18,19,20). The predicted octanol–water partition coefficient (Wildman–Crippen LogP) is 3.64. The van der Waals surface area contributed by atoms with E-state index in [9.17, 15) is 13.0 Å². The number of fused-ring (bicyclic) bond motifs is 1. The van der Waals surface area contributed by atoms with E-state index in [2.05, 4.69) is 11.9 Å². The molecule has 0 radical (unpaired) electrons. The van der Waals surface area contributed by atoms with Gasteiger partial charge in [0.15, 0.2) is 0 Å². The first-order valence-corrected chi connectivity index (χ1v) is 8.91. The molecular formula is C15H22N2O3S. The lowest BCUT2D eigenvalue weighted by Crippen LogP contribution is -2.10. The van der Waals surface area contributed by atoms with Gasteiger partial charge in [0.25, 0.3) is 5.16 Å². The maximum Gasteiger partial charge on any atom is 0.328 e. The Morgan fingerprint density at radius 1 is 1.10 bits per heavy atom. The molecule has 1 N–H and O–H groups in total. The van der Waals surface area contributed by atoms with Crippen LogP contribution in [-0.4, -0.2) is 22.5 Å². The second-order valence-corrected chi connectivity index (χ2v) is 6.59. The smallest absolute Gasteiger partial charge is 0.313 e. The number of para-hydroxylation sites is 2. The molecule has 0 atom stereocenters. The van der Waals surface area contributed by atoms with Crippen LogP contribution in [0.2, 0.25) is 0 Å². The molecule has 1 aromatic heterocycles. The Bertz CT molecular complexity index is 692. The van der Waals surface area contributed by atoms with Crippen molar-refractivity contribution >= 4 is 21.2 Å². The van der Waals surface area contributed by atoms with Gasteiger partial charge in [-0.1, -0.05) is 51.2 Å².